The molecular formula is C22H21N3O3S3. The molecule has 2 heterocycles. The van der Waals surface area contributed by atoms with Crippen LogP contribution in [0.4, 0.5) is 5.69 Å². The maximum atomic E-state index is 12.7. The van der Waals surface area contributed by atoms with Crippen molar-refractivity contribution in [1.29, 1.82) is 0 Å². The zero-order valence-electron chi connectivity index (χ0n) is 16.7. The molecule has 0 radical (unpaired) electrons. The Morgan fingerprint density at radius 1 is 1.19 bits per heavy atom. The first-order valence-electron chi connectivity index (χ1n) is 9.54. The van der Waals surface area contributed by atoms with Gasteiger partial charge in [0.1, 0.15) is 4.32 Å². The maximum Gasteiger partial charge on any atom is 0.261 e. The summed E-state index contributed by atoms with van der Waals surface area (Å²) in [5.74, 6) is 0.389. The first-order valence-corrected chi connectivity index (χ1v) is 12.4. The molecule has 4 rings (SSSR count). The number of thioether (sulfide) groups is 1. The van der Waals surface area contributed by atoms with E-state index < -0.39 is 15.7 Å². The van der Waals surface area contributed by atoms with E-state index in [1.165, 1.54) is 11.8 Å². The van der Waals surface area contributed by atoms with Crippen molar-refractivity contribution >= 4 is 44.0 Å². The Morgan fingerprint density at radius 2 is 1.97 bits per heavy atom. The van der Waals surface area contributed by atoms with Crippen LogP contribution in [0.15, 0.2) is 78.0 Å². The summed E-state index contributed by atoms with van der Waals surface area (Å²) in [5.41, 5.74) is 1.58. The lowest BCUT2D eigenvalue weighted by molar-refractivity contribution is -0.0508. The van der Waals surface area contributed by atoms with Crippen molar-refractivity contribution in [2.24, 2.45) is 0 Å². The molecule has 3 aromatic rings. The molecule has 1 unspecified atom stereocenters. The van der Waals surface area contributed by atoms with Gasteiger partial charge in [0.2, 0.25) is 0 Å². The third kappa shape index (κ3) is 4.59. The summed E-state index contributed by atoms with van der Waals surface area (Å²) in [4.78, 5) is 6.10. The molecule has 0 aliphatic carbocycles. The smallest absolute Gasteiger partial charge is 0.261 e. The molecule has 0 saturated carbocycles. The Morgan fingerprint density at radius 3 is 2.65 bits per heavy atom. The van der Waals surface area contributed by atoms with E-state index in [2.05, 4.69) is 9.71 Å². The van der Waals surface area contributed by atoms with Crippen LogP contribution in [0.1, 0.15) is 16.7 Å². The number of thiocarbonyl (C=S) groups is 1. The Balaban J connectivity index is 1.56. The van der Waals surface area contributed by atoms with Crippen LogP contribution in [0.2, 0.25) is 0 Å². The van der Waals surface area contributed by atoms with Crippen molar-refractivity contribution in [2.75, 3.05) is 10.5 Å². The summed E-state index contributed by atoms with van der Waals surface area (Å²) < 4.78 is 28.5. The van der Waals surface area contributed by atoms with E-state index in [9.17, 15) is 13.5 Å². The van der Waals surface area contributed by atoms with Crippen molar-refractivity contribution in [2.45, 2.75) is 24.1 Å². The fraction of sp³-hybridized carbons (Fsp3) is 0.182. The van der Waals surface area contributed by atoms with Crippen LogP contribution >= 0.6 is 24.0 Å². The molecule has 0 spiro atoms. The zero-order valence-corrected chi connectivity index (χ0v) is 19.2. The lowest BCUT2D eigenvalue weighted by Gasteiger charge is -2.34. The van der Waals surface area contributed by atoms with Gasteiger partial charge in [-0.15, -0.1) is 0 Å². The number of rotatable bonds is 6. The van der Waals surface area contributed by atoms with Gasteiger partial charge in [0.25, 0.3) is 10.0 Å². The molecule has 1 aliphatic heterocycles. The molecule has 1 saturated heterocycles. The molecule has 1 atom stereocenters. The molecular weight excluding hydrogens is 450 g/mol. The van der Waals surface area contributed by atoms with Gasteiger partial charge in [-0.1, -0.05) is 54.3 Å². The molecule has 160 valence electrons. The molecule has 9 heteroatoms. The zero-order chi connectivity index (χ0) is 22.1. The molecule has 1 aliphatic rings. The summed E-state index contributed by atoms with van der Waals surface area (Å²) in [5, 5.41) is 11.4. The van der Waals surface area contributed by atoms with Crippen LogP contribution in [0.25, 0.3) is 0 Å². The quantitative estimate of drug-likeness (QED) is 0.528. The van der Waals surface area contributed by atoms with Gasteiger partial charge in [-0.05, 0) is 48.4 Å². The fourth-order valence-electron chi connectivity index (χ4n) is 3.38. The number of nitrogens with one attached hydrogen (secondary N) is 1. The Hall–Kier alpha value is -2.46. The van der Waals surface area contributed by atoms with Crippen LogP contribution in [0, 0.1) is 6.92 Å². The van der Waals surface area contributed by atoms with Crippen molar-refractivity contribution in [3.8, 4) is 0 Å². The second-order valence-corrected chi connectivity index (χ2v) is 10.6. The van der Waals surface area contributed by atoms with Crippen LogP contribution in [-0.4, -0.2) is 33.5 Å². The lowest BCUT2D eigenvalue weighted by atomic mass is 10.0. The van der Waals surface area contributed by atoms with E-state index in [0.717, 1.165) is 11.1 Å². The van der Waals surface area contributed by atoms with E-state index >= 15 is 0 Å². The fourth-order valence-corrected chi connectivity index (χ4v) is 5.95. The predicted octanol–water partition coefficient (Wildman–Crippen LogP) is 3.87. The molecule has 0 amide bonds. The number of hydrogen-bond acceptors (Lipinski definition) is 6. The van der Waals surface area contributed by atoms with Gasteiger partial charge in [0.05, 0.1) is 10.6 Å². The third-order valence-electron chi connectivity index (χ3n) is 5.03. The number of aliphatic hydroxyl groups is 1. The summed E-state index contributed by atoms with van der Waals surface area (Å²) in [6, 6.07) is 17.2. The minimum absolute atomic E-state index is 0.204. The highest BCUT2D eigenvalue weighted by molar-refractivity contribution is 8.23. The first kappa shape index (κ1) is 21.8. The molecule has 31 heavy (non-hydrogen) atoms. The standard InChI is InChI=1S/C22H21N3O3S3/c1-16-4-2-6-20(12-16)31(27,28)24-19-9-7-18(8-10-19)22(26)15-30-21(29)25(22)14-17-5-3-11-23-13-17/h2-13,24,26H,14-15H2,1H3. The van der Waals surface area contributed by atoms with E-state index in [0.29, 0.717) is 27.9 Å². The Labute approximate surface area is 191 Å². The summed E-state index contributed by atoms with van der Waals surface area (Å²) in [7, 11) is -3.70. The van der Waals surface area contributed by atoms with Gasteiger partial charge < -0.3 is 10.0 Å². The minimum atomic E-state index is -3.70. The van der Waals surface area contributed by atoms with Crippen molar-refractivity contribution in [1.82, 2.24) is 9.88 Å². The molecule has 0 bridgehead atoms. The Bertz CT molecular complexity index is 1200. The highest BCUT2D eigenvalue weighted by Crippen LogP contribution is 2.40. The normalized spacial score (nSPS) is 18.9. The summed E-state index contributed by atoms with van der Waals surface area (Å²) in [6.45, 7) is 2.27. The van der Waals surface area contributed by atoms with E-state index in [1.54, 1.807) is 59.8 Å². The van der Waals surface area contributed by atoms with Gasteiger partial charge in [-0.3, -0.25) is 9.71 Å². The van der Waals surface area contributed by atoms with E-state index in [4.69, 9.17) is 12.2 Å². The van der Waals surface area contributed by atoms with Gasteiger partial charge in [0.15, 0.2) is 5.72 Å². The number of sulfonamides is 1. The average molecular weight is 472 g/mol. The second kappa shape index (κ2) is 8.58. The van der Waals surface area contributed by atoms with Crippen LogP contribution in [-0.2, 0) is 22.3 Å². The molecule has 1 aromatic heterocycles. The lowest BCUT2D eigenvalue weighted by Crippen LogP contribution is -2.44. The molecule has 1 fully saturated rings. The largest absolute Gasteiger partial charge is 0.366 e. The topological polar surface area (TPSA) is 82.5 Å². The number of pyridine rings is 1. The minimum Gasteiger partial charge on any atom is -0.366 e. The van der Waals surface area contributed by atoms with E-state index in [1.807, 2.05) is 25.1 Å². The number of anilines is 1. The number of nitrogens with zero attached hydrogens (tertiary/aromatic N) is 2. The Kier molecular flexibility index (Phi) is 6.02. The van der Waals surface area contributed by atoms with Gasteiger partial charge in [0, 0.05) is 30.2 Å². The molecule has 2 aromatic carbocycles. The number of aryl methyl sites for hydroxylation is 1. The molecule has 6 nitrogen and oxygen atoms in total. The van der Waals surface area contributed by atoms with Crippen LogP contribution < -0.4 is 4.72 Å². The molecule has 2 N–H and O–H groups in total. The first-order chi connectivity index (χ1) is 14.8. The monoisotopic (exact) mass is 471 g/mol. The van der Waals surface area contributed by atoms with Crippen molar-refractivity contribution in [3.05, 3.63) is 89.7 Å². The van der Waals surface area contributed by atoms with E-state index in [-0.39, 0.29) is 4.90 Å². The van der Waals surface area contributed by atoms with Crippen LogP contribution in [0.5, 0.6) is 0 Å². The van der Waals surface area contributed by atoms with Gasteiger partial charge >= 0.3 is 0 Å². The van der Waals surface area contributed by atoms with Crippen molar-refractivity contribution in [3.63, 3.8) is 0 Å². The van der Waals surface area contributed by atoms with Crippen LogP contribution in [0.3, 0.4) is 0 Å². The maximum absolute atomic E-state index is 12.7. The highest BCUT2D eigenvalue weighted by Gasteiger charge is 2.44. The number of hydrogen-bond donors (Lipinski definition) is 2. The van der Waals surface area contributed by atoms with Gasteiger partial charge in [-0.25, -0.2) is 8.42 Å². The predicted molar refractivity (Wildman–Crippen MR) is 127 cm³/mol. The number of aromatic nitrogens is 1. The summed E-state index contributed by atoms with van der Waals surface area (Å²) >= 11 is 6.88. The third-order valence-corrected chi connectivity index (χ3v) is 7.99. The SMILES string of the molecule is Cc1cccc(S(=O)(=O)Nc2ccc(C3(O)CSC(=S)N3Cc3cccnc3)cc2)c1. The van der Waals surface area contributed by atoms with Crippen molar-refractivity contribution < 1.29 is 13.5 Å². The number of benzene rings is 2. The summed E-state index contributed by atoms with van der Waals surface area (Å²) in [6.07, 6.45) is 3.44. The van der Waals surface area contributed by atoms with Gasteiger partial charge in [-0.2, -0.15) is 0 Å². The second-order valence-electron chi connectivity index (χ2n) is 7.32. The average Bonchev–Trinajstić information content (AvgIpc) is 3.04. The highest BCUT2D eigenvalue weighted by atomic mass is 32.2.